The predicted molar refractivity (Wildman–Crippen MR) is 133 cm³/mol. The third-order valence-electron chi connectivity index (χ3n) is 13.1. The fourth-order valence-corrected chi connectivity index (χ4v) is 10.4. The SMILES string of the molecule is CC1(C)C2CC[C@]3(C)[C@H](C(=O)C=C4[C@H]5C[C@](C)(C(=O)O)CC[C@]5(C)CC[C@]43C)[C@@]2(C)CC[C@@H]1O. The molecule has 1 unspecified atom stereocenters. The van der Waals surface area contributed by atoms with E-state index in [2.05, 4.69) is 41.5 Å². The molecule has 0 amide bonds. The second-order valence-corrected chi connectivity index (χ2v) is 14.9. The zero-order chi connectivity index (χ0) is 25.1. The number of carbonyl (C=O) groups is 2. The summed E-state index contributed by atoms with van der Waals surface area (Å²) in [6.07, 6.45) is 9.95. The maximum Gasteiger partial charge on any atom is 0.309 e. The van der Waals surface area contributed by atoms with Crippen LogP contribution < -0.4 is 0 Å². The fourth-order valence-electron chi connectivity index (χ4n) is 10.4. The van der Waals surface area contributed by atoms with E-state index in [9.17, 15) is 19.8 Å². The molecule has 0 aromatic heterocycles. The monoisotopic (exact) mass is 470 g/mol. The summed E-state index contributed by atoms with van der Waals surface area (Å²) in [5.74, 6) is 0.0603. The summed E-state index contributed by atoms with van der Waals surface area (Å²) in [6, 6.07) is 0. The Morgan fingerprint density at radius 1 is 0.912 bits per heavy atom. The third-order valence-corrected chi connectivity index (χ3v) is 13.1. The zero-order valence-electron chi connectivity index (χ0n) is 22.5. The minimum absolute atomic E-state index is 0.0296. The maximum atomic E-state index is 14.2. The van der Waals surface area contributed by atoms with Crippen molar-refractivity contribution in [3.05, 3.63) is 11.6 Å². The van der Waals surface area contributed by atoms with Crippen LogP contribution in [0.1, 0.15) is 106 Å². The van der Waals surface area contributed by atoms with Crippen molar-refractivity contribution in [2.75, 3.05) is 0 Å². The lowest BCUT2D eigenvalue weighted by Crippen LogP contribution is -2.66. The molecule has 0 aliphatic heterocycles. The van der Waals surface area contributed by atoms with Gasteiger partial charge in [-0.25, -0.2) is 0 Å². The summed E-state index contributed by atoms with van der Waals surface area (Å²) in [5.41, 5.74) is 0.142. The number of allylic oxidation sites excluding steroid dienone is 2. The van der Waals surface area contributed by atoms with Gasteiger partial charge in [0.1, 0.15) is 0 Å². The molecule has 34 heavy (non-hydrogen) atoms. The van der Waals surface area contributed by atoms with Gasteiger partial charge in [-0.15, -0.1) is 0 Å². The molecule has 4 saturated carbocycles. The smallest absolute Gasteiger partial charge is 0.309 e. The molecule has 9 atom stereocenters. The van der Waals surface area contributed by atoms with Gasteiger partial charge in [-0.3, -0.25) is 9.59 Å². The molecule has 5 aliphatic carbocycles. The summed E-state index contributed by atoms with van der Waals surface area (Å²) < 4.78 is 0. The van der Waals surface area contributed by atoms with E-state index in [4.69, 9.17) is 0 Å². The Labute approximate surface area is 206 Å². The first-order chi connectivity index (χ1) is 15.6. The number of aliphatic hydroxyl groups excluding tert-OH is 1. The highest BCUT2D eigenvalue weighted by Gasteiger charge is 2.70. The van der Waals surface area contributed by atoms with E-state index in [0.717, 1.165) is 51.4 Å². The number of aliphatic carboxylic acids is 1. The number of carboxylic acid groups (broad SMARTS) is 1. The highest BCUT2D eigenvalue weighted by atomic mass is 16.4. The molecule has 5 aliphatic rings. The topological polar surface area (TPSA) is 74.6 Å². The van der Waals surface area contributed by atoms with E-state index in [-0.39, 0.29) is 50.8 Å². The molecule has 0 spiro atoms. The van der Waals surface area contributed by atoms with Gasteiger partial charge in [-0.2, -0.15) is 0 Å². The number of ketones is 1. The molecule has 0 bridgehead atoms. The molecule has 190 valence electrons. The largest absolute Gasteiger partial charge is 0.481 e. The predicted octanol–water partition coefficient (Wildman–Crippen LogP) is 6.41. The van der Waals surface area contributed by atoms with Crippen molar-refractivity contribution in [3.63, 3.8) is 0 Å². The van der Waals surface area contributed by atoms with Crippen molar-refractivity contribution in [3.8, 4) is 0 Å². The molecule has 2 N–H and O–H groups in total. The summed E-state index contributed by atoms with van der Waals surface area (Å²) >= 11 is 0. The van der Waals surface area contributed by atoms with Gasteiger partial charge in [0.2, 0.25) is 0 Å². The van der Waals surface area contributed by atoms with E-state index in [1.165, 1.54) is 5.57 Å². The number of rotatable bonds is 1. The van der Waals surface area contributed by atoms with Gasteiger partial charge in [0.15, 0.2) is 5.78 Å². The van der Waals surface area contributed by atoms with Crippen LogP contribution >= 0.6 is 0 Å². The number of carbonyl (C=O) groups excluding carboxylic acids is 1. The van der Waals surface area contributed by atoms with Crippen molar-refractivity contribution in [2.24, 2.45) is 50.2 Å². The van der Waals surface area contributed by atoms with Crippen LogP contribution in [0.25, 0.3) is 0 Å². The quantitative estimate of drug-likeness (QED) is 0.464. The molecule has 4 heteroatoms. The lowest BCUT2D eigenvalue weighted by atomic mass is 9.33. The first kappa shape index (κ1) is 24.5. The summed E-state index contributed by atoms with van der Waals surface area (Å²) in [6.45, 7) is 15.8. The third kappa shape index (κ3) is 2.81. The Kier molecular flexibility index (Phi) is 5.04. The lowest BCUT2D eigenvalue weighted by molar-refractivity contribution is -0.202. The Bertz CT molecular complexity index is 965. The van der Waals surface area contributed by atoms with Crippen LogP contribution in [0.2, 0.25) is 0 Å². The second kappa shape index (κ2) is 6.99. The summed E-state index contributed by atoms with van der Waals surface area (Å²) in [7, 11) is 0. The average molecular weight is 471 g/mol. The highest BCUT2D eigenvalue weighted by molar-refractivity contribution is 5.95. The Morgan fingerprint density at radius 2 is 1.56 bits per heavy atom. The first-order valence-corrected chi connectivity index (χ1v) is 13.7. The molecular weight excluding hydrogens is 424 g/mol. The van der Waals surface area contributed by atoms with E-state index >= 15 is 0 Å². The van der Waals surface area contributed by atoms with Gasteiger partial charge in [0.25, 0.3) is 0 Å². The fraction of sp³-hybridized carbons (Fsp3) is 0.867. The average Bonchev–Trinajstić information content (AvgIpc) is 2.73. The maximum absolute atomic E-state index is 14.2. The Hall–Kier alpha value is -1.16. The van der Waals surface area contributed by atoms with Crippen LogP contribution in [-0.4, -0.2) is 28.1 Å². The van der Waals surface area contributed by atoms with Crippen LogP contribution in [0.5, 0.6) is 0 Å². The van der Waals surface area contributed by atoms with Crippen LogP contribution in [-0.2, 0) is 9.59 Å². The summed E-state index contributed by atoms with van der Waals surface area (Å²) in [4.78, 5) is 26.4. The molecular formula is C30H46O4. The van der Waals surface area contributed by atoms with Gasteiger partial charge < -0.3 is 10.2 Å². The minimum atomic E-state index is -0.711. The van der Waals surface area contributed by atoms with Gasteiger partial charge in [-0.05, 0) is 110 Å². The number of aliphatic hydroxyl groups is 1. The van der Waals surface area contributed by atoms with Gasteiger partial charge in [0.05, 0.1) is 11.5 Å². The van der Waals surface area contributed by atoms with Crippen LogP contribution in [0.4, 0.5) is 0 Å². The minimum Gasteiger partial charge on any atom is -0.481 e. The van der Waals surface area contributed by atoms with Crippen molar-refractivity contribution in [2.45, 2.75) is 112 Å². The zero-order valence-corrected chi connectivity index (χ0v) is 22.5. The lowest BCUT2D eigenvalue weighted by Gasteiger charge is -2.70. The molecule has 4 fully saturated rings. The summed E-state index contributed by atoms with van der Waals surface area (Å²) in [5, 5.41) is 20.9. The van der Waals surface area contributed by atoms with Crippen molar-refractivity contribution < 1.29 is 19.8 Å². The highest BCUT2D eigenvalue weighted by Crippen LogP contribution is 2.75. The molecule has 0 heterocycles. The number of carboxylic acids is 1. The van der Waals surface area contributed by atoms with Gasteiger partial charge in [-0.1, -0.05) is 47.1 Å². The first-order valence-electron chi connectivity index (χ1n) is 13.7. The van der Waals surface area contributed by atoms with Gasteiger partial charge >= 0.3 is 5.97 Å². The normalized spacial score (nSPS) is 54.1. The Morgan fingerprint density at radius 3 is 2.21 bits per heavy atom. The molecule has 0 saturated heterocycles. The van der Waals surface area contributed by atoms with E-state index in [1.54, 1.807) is 0 Å². The van der Waals surface area contributed by atoms with Crippen LogP contribution in [0, 0.1) is 50.2 Å². The van der Waals surface area contributed by atoms with Gasteiger partial charge in [0, 0.05) is 5.92 Å². The van der Waals surface area contributed by atoms with Crippen molar-refractivity contribution >= 4 is 11.8 Å². The van der Waals surface area contributed by atoms with Crippen LogP contribution in [0.15, 0.2) is 11.6 Å². The second-order valence-electron chi connectivity index (χ2n) is 14.9. The number of hydrogen-bond acceptors (Lipinski definition) is 3. The number of fused-ring (bicyclic) bond motifs is 7. The molecule has 0 radical (unpaired) electrons. The van der Waals surface area contributed by atoms with Crippen molar-refractivity contribution in [1.29, 1.82) is 0 Å². The molecule has 0 aromatic carbocycles. The number of hydrogen-bond donors (Lipinski definition) is 2. The van der Waals surface area contributed by atoms with E-state index in [0.29, 0.717) is 12.3 Å². The standard InChI is InChI=1S/C30H46O4/c1-25(2)21-8-11-30(7)23(28(21,5)10-9-22(25)32)20(31)16-18-19-17-27(4,24(33)34)13-12-26(19,3)14-15-29(18,30)6/h16,19,21-23,32H,8-15,17H2,1-7H3,(H,33,34)/t19-,21?,22+,23-,26-,27-,28+,29-,30-/m1/s1. The molecule has 0 aromatic rings. The van der Waals surface area contributed by atoms with E-state index in [1.807, 2.05) is 13.0 Å². The Balaban J connectivity index is 1.62. The molecule has 4 nitrogen and oxygen atoms in total. The van der Waals surface area contributed by atoms with Crippen LogP contribution in [0.3, 0.4) is 0 Å². The molecule has 5 rings (SSSR count). The van der Waals surface area contributed by atoms with E-state index < -0.39 is 11.4 Å². The van der Waals surface area contributed by atoms with Crippen molar-refractivity contribution in [1.82, 2.24) is 0 Å².